The van der Waals surface area contributed by atoms with Crippen LogP contribution in [0, 0.1) is 5.92 Å². The molecule has 1 fully saturated rings. The fraction of sp³-hybridized carbons (Fsp3) is 0.273. The standard InChI is InChI=1S/C11H9NO2/c13-9-5-8-10(12-9)6-3-1-2-4-7(6)11(8)14/h1-4,8,10H,5H2,(H,12,13)/t8-,10+/m1/s1. The van der Waals surface area contributed by atoms with Crippen LogP contribution in [0.5, 0.6) is 0 Å². The zero-order valence-corrected chi connectivity index (χ0v) is 7.49. The number of carbonyl (C=O) groups is 2. The maximum atomic E-state index is 11.8. The highest BCUT2D eigenvalue weighted by Gasteiger charge is 2.45. The van der Waals surface area contributed by atoms with Crippen LogP contribution in [0.25, 0.3) is 0 Å². The smallest absolute Gasteiger partial charge is 0.221 e. The van der Waals surface area contributed by atoms with E-state index in [-0.39, 0.29) is 23.7 Å². The van der Waals surface area contributed by atoms with Gasteiger partial charge in [0.2, 0.25) is 5.91 Å². The SMILES string of the molecule is O=C1C[C@H]2C(=O)c3ccccc3[C@@H]2N1. The molecule has 0 unspecified atom stereocenters. The van der Waals surface area contributed by atoms with Gasteiger partial charge in [0.25, 0.3) is 0 Å². The Morgan fingerprint density at radius 1 is 1.21 bits per heavy atom. The van der Waals surface area contributed by atoms with Gasteiger partial charge in [-0.3, -0.25) is 9.59 Å². The molecule has 1 N–H and O–H groups in total. The van der Waals surface area contributed by atoms with E-state index in [1.54, 1.807) is 0 Å². The van der Waals surface area contributed by atoms with E-state index in [1.165, 1.54) is 0 Å². The van der Waals surface area contributed by atoms with Gasteiger partial charge in [0.15, 0.2) is 5.78 Å². The highest BCUT2D eigenvalue weighted by Crippen LogP contribution is 2.40. The quantitative estimate of drug-likeness (QED) is 0.660. The Morgan fingerprint density at radius 3 is 2.86 bits per heavy atom. The van der Waals surface area contributed by atoms with Gasteiger partial charge >= 0.3 is 0 Å². The third-order valence-electron chi connectivity index (χ3n) is 3.02. The molecule has 1 amide bonds. The Balaban J connectivity index is 2.16. The summed E-state index contributed by atoms with van der Waals surface area (Å²) in [5.74, 6) is -0.0493. The summed E-state index contributed by atoms with van der Waals surface area (Å²) in [4.78, 5) is 23.0. The Morgan fingerprint density at radius 2 is 2.00 bits per heavy atom. The van der Waals surface area contributed by atoms with Crippen LogP contribution in [0.15, 0.2) is 24.3 Å². The predicted octanol–water partition coefficient (Wildman–Crippen LogP) is 1.06. The number of benzene rings is 1. The van der Waals surface area contributed by atoms with E-state index in [0.29, 0.717) is 6.42 Å². The van der Waals surface area contributed by atoms with Crippen molar-refractivity contribution in [2.45, 2.75) is 12.5 Å². The Bertz CT molecular complexity index is 439. The number of hydrogen-bond donors (Lipinski definition) is 1. The minimum absolute atomic E-state index is 0.0112. The molecule has 1 aliphatic carbocycles. The van der Waals surface area contributed by atoms with E-state index in [4.69, 9.17) is 0 Å². The fourth-order valence-corrected chi connectivity index (χ4v) is 2.38. The molecule has 1 aromatic rings. The summed E-state index contributed by atoms with van der Waals surface area (Å²) >= 11 is 0. The largest absolute Gasteiger partial charge is 0.348 e. The number of rotatable bonds is 0. The van der Waals surface area contributed by atoms with Crippen molar-refractivity contribution in [3.63, 3.8) is 0 Å². The minimum Gasteiger partial charge on any atom is -0.348 e. The molecule has 70 valence electrons. The summed E-state index contributed by atoms with van der Waals surface area (Å²) in [7, 11) is 0. The molecule has 0 radical (unpaired) electrons. The maximum Gasteiger partial charge on any atom is 0.221 e. The molecule has 0 saturated carbocycles. The van der Waals surface area contributed by atoms with Gasteiger partial charge < -0.3 is 5.32 Å². The molecule has 0 aromatic heterocycles. The van der Waals surface area contributed by atoms with Crippen LogP contribution in [-0.2, 0) is 4.79 Å². The Kier molecular flexibility index (Phi) is 1.35. The molecular weight excluding hydrogens is 178 g/mol. The van der Waals surface area contributed by atoms with E-state index in [1.807, 2.05) is 24.3 Å². The van der Waals surface area contributed by atoms with Crippen LogP contribution in [-0.4, -0.2) is 11.7 Å². The van der Waals surface area contributed by atoms with Crippen molar-refractivity contribution in [2.24, 2.45) is 5.92 Å². The second-order valence-electron chi connectivity index (χ2n) is 3.81. The predicted molar refractivity (Wildman–Crippen MR) is 49.8 cm³/mol. The van der Waals surface area contributed by atoms with Crippen molar-refractivity contribution in [3.8, 4) is 0 Å². The first-order valence-electron chi connectivity index (χ1n) is 4.70. The van der Waals surface area contributed by atoms with Crippen LogP contribution < -0.4 is 5.32 Å². The maximum absolute atomic E-state index is 11.8. The van der Waals surface area contributed by atoms with Gasteiger partial charge in [0.05, 0.1) is 12.0 Å². The second kappa shape index (κ2) is 2.44. The van der Waals surface area contributed by atoms with Gasteiger partial charge in [-0.15, -0.1) is 0 Å². The van der Waals surface area contributed by atoms with Crippen molar-refractivity contribution in [2.75, 3.05) is 0 Å². The number of fused-ring (bicyclic) bond motifs is 3. The summed E-state index contributed by atoms with van der Waals surface area (Å²) in [5.41, 5.74) is 1.76. The highest BCUT2D eigenvalue weighted by molar-refractivity contribution is 6.06. The summed E-state index contributed by atoms with van der Waals surface area (Å²) < 4.78 is 0. The lowest BCUT2D eigenvalue weighted by molar-refractivity contribution is -0.119. The zero-order chi connectivity index (χ0) is 9.71. The number of hydrogen-bond acceptors (Lipinski definition) is 2. The number of nitrogens with one attached hydrogen (secondary N) is 1. The van der Waals surface area contributed by atoms with Crippen molar-refractivity contribution in [1.29, 1.82) is 0 Å². The molecule has 1 aliphatic heterocycles. The molecule has 1 heterocycles. The molecule has 2 atom stereocenters. The van der Waals surface area contributed by atoms with Crippen LogP contribution >= 0.6 is 0 Å². The van der Waals surface area contributed by atoms with Gasteiger partial charge in [-0.1, -0.05) is 24.3 Å². The first kappa shape index (κ1) is 7.74. The Labute approximate surface area is 81.1 Å². The van der Waals surface area contributed by atoms with Gasteiger partial charge in [0.1, 0.15) is 0 Å². The molecule has 1 saturated heterocycles. The van der Waals surface area contributed by atoms with Crippen LogP contribution in [0.1, 0.15) is 28.4 Å². The van der Waals surface area contributed by atoms with Crippen LogP contribution in [0.2, 0.25) is 0 Å². The normalized spacial score (nSPS) is 28.6. The molecule has 2 aliphatic rings. The van der Waals surface area contributed by atoms with Gasteiger partial charge in [-0.05, 0) is 5.56 Å². The van der Waals surface area contributed by atoms with Crippen molar-refractivity contribution in [1.82, 2.24) is 5.32 Å². The third-order valence-corrected chi connectivity index (χ3v) is 3.02. The summed E-state index contributed by atoms with van der Waals surface area (Å²) in [6.07, 6.45) is 0.345. The van der Waals surface area contributed by atoms with Gasteiger partial charge in [-0.25, -0.2) is 0 Å². The average molecular weight is 187 g/mol. The molecule has 3 heteroatoms. The monoisotopic (exact) mass is 187 g/mol. The number of Topliss-reactive ketones (excluding diaryl/α,β-unsaturated/α-hetero) is 1. The zero-order valence-electron chi connectivity index (χ0n) is 7.49. The molecule has 3 rings (SSSR count). The number of ketones is 1. The average Bonchev–Trinajstić information content (AvgIpc) is 2.68. The lowest BCUT2D eigenvalue weighted by Gasteiger charge is -2.07. The molecule has 1 aromatic carbocycles. The topological polar surface area (TPSA) is 46.2 Å². The van der Waals surface area contributed by atoms with E-state index in [9.17, 15) is 9.59 Å². The van der Waals surface area contributed by atoms with E-state index in [2.05, 4.69) is 5.32 Å². The van der Waals surface area contributed by atoms with E-state index < -0.39 is 0 Å². The van der Waals surface area contributed by atoms with E-state index >= 15 is 0 Å². The van der Waals surface area contributed by atoms with Crippen LogP contribution in [0.4, 0.5) is 0 Å². The number of carbonyl (C=O) groups excluding carboxylic acids is 2. The van der Waals surface area contributed by atoms with Gasteiger partial charge in [0, 0.05) is 12.0 Å². The number of amides is 1. The van der Waals surface area contributed by atoms with Crippen molar-refractivity contribution in [3.05, 3.63) is 35.4 Å². The fourth-order valence-electron chi connectivity index (χ4n) is 2.38. The molecule has 0 spiro atoms. The summed E-state index contributed by atoms with van der Waals surface area (Å²) in [6, 6.07) is 7.45. The van der Waals surface area contributed by atoms with Crippen LogP contribution in [0.3, 0.4) is 0 Å². The van der Waals surface area contributed by atoms with E-state index in [0.717, 1.165) is 11.1 Å². The third kappa shape index (κ3) is 0.816. The Hall–Kier alpha value is -1.64. The summed E-state index contributed by atoms with van der Waals surface area (Å²) in [5, 5.41) is 2.84. The molecule has 14 heavy (non-hydrogen) atoms. The van der Waals surface area contributed by atoms with Gasteiger partial charge in [-0.2, -0.15) is 0 Å². The first-order valence-corrected chi connectivity index (χ1v) is 4.70. The molecular formula is C11H9NO2. The first-order chi connectivity index (χ1) is 6.77. The summed E-state index contributed by atoms with van der Waals surface area (Å²) in [6.45, 7) is 0. The lowest BCUT2D eigenvalue weighted by atomic mass is 10.0. The highest BCUT2D eigenvalue weighted by atomic mass is 16.2. The minimum atomic E-state index is -0.153. The molecule has 0 bridgehead atoms. The molecule has 3 nitrogen and oxygen atoms in total. The lowest BCUT2D eigenvalue weighted by Crippen LogP contribution is -2.18. The second-order valence-corrected chi connectivity index (χ2v) is 3.81. The van der Waals surface area contributed by atoms with Crippen molar-refractivity contribution >= 4 is 11.7 Å². The van der Waals surface area contributed by atoms with Crippen molar-refractivity contribution < 1.29 is 9.59 Å².